The number of halogens is 3. The lowest BCUT2D eigenvalue weighted by atomic mass is 10.0. The highest BCUT2D eigenvalue weighted by molar-refractivity contribution is 14.1. The Hall–Kier alpha value is -0.530. The average molecular weight is 379 g/mol. The molecule has 0 saturated carbocycles. The van der Waals surface area contributed by atoms with E-state index in [0.29, 0.717) is 6.42 Å². The quantitative estimate of drug-likeness (QED) is 0.788. The van der Waals surface area contributed by atoms with Gasteiger partial charge in [0.05, 0.1) is 2.88 Å². The Kier molecular flexibility index (Phi) is 4.69. The van der Waals surface area contributed by atoms with Crippen LogP contribution in [0.5, 0.6) is 0 Å². The first-order valence-electron chi connectivity index (χ1n) is 5.46. The minimum Gasteiger partial charge on any atom is -0.313 e. The number of likely N-dealkylation sites (N-methyl/N-ethyl adjacent to an activating group) is 1. The average Bonchev–Trinajstić information content (AvgIpc) is 2.76. The highest BCUT2D eigenvalue weighted by Crippen LogP contribution is 2.26. The molecule has 0 radical (unpaired) electrons. The van der Waals surface area contributed by atoms with Gasteiger partial charge in [-0.1, -0.05) is 6.07 Å². The molecule has 1 heterocycles. The van der Waals surface area contributed by atoms with Crippen LogP contribution < -0.4 is 5.32 Å². The maximum absolute atomic E-state index is 13.6. The smallest absolute Gasteiger partial charge is 0.129 e. The van der Waals surface area contributed by atoms with Crippen molar-refractivity contribution in [2.45, 2.75) is 12.5 Å². The first-order chi connectivity index (χ1) is 8.61. The van der Waals surface area contributed by atoms with E-state index in [2.05, 4.69) is 27.9 Å². The zero-order valence-electron chi connectivity index (χ0n) is 9.71. The van der Waals surface area contributed by atoms with Crippen molar-refractivity contribution >= 4 is 33.9 Å². The topological polar surface area (TPSA) is 12.0 Å². The normalized spacial score (nSPS) is 12.7. The Morgan fingerprint density at radius 1 is 1.33 bits per heavy atom. The third-order valence-electron chi connectivity index (χ3n) is 2.81. The van der Waals surface area contributed by atoms with Crippen molar-refractivity contribution in [2.24, 2.45) is 0 Å². The van der Waals surface area contributed by atoms with Gasteiger partial charge in [0, 0.05) is 11.6 Å². The van der Waals surface area contributed by atoms with Gasteiger partial charge in [-0.2, -0.15) is 0 Å². The van der Waals surface area contributed by atoms with Gasteiger partial charge >= 0.3 is 0 Å². The molecule has 5 heteroatoms. The molecule has 1 nitrogen and oxygen atoms in total. The van der Waals surface area contributed by atoms with Crippen LogP contribution in [0, 0.1) is 14.5 Å². The number of rotatable bonds is 4. The second-order valence-electron chi connectivity index (χ2n) is 3.93. The first kappa shape index (κ1) is 13.9. The summed E-state index contributed by atoms with van der Waals surface area (Å²) >= 11 is 3.86. The minimum absolute atomic E-state index is 0.0730. The van der Waals surface area contributed by atoms with Crippen LogP contribution in [-0.4, -0.2) is 7.05 Å². The van der Waals surface area contributed by atoms with Crippen molar-refractivity contribution in [3.63, 3.8) is 0 Å². The number of nitrogens with one attached hydrogen (secondary N) is 1. The predicted octanol–water partition coefficient (Wildman–Crippen LogP) is 4.13. The van der Waals surface area contributed by atoms with Crippen LogP contribution in [0.4, 0.5) is 8.78 Å². The van der Waals surface area contributed by atoms with E-state index in [1.807, 2.05) is 11.4 Å². The molecule has 1 N–H and O–H groups in total. The Morgan fingerprint density at radius 2 is 2.00 bits per heavy atom. The van der Waals surface area contributed by atoms with Crippen LogP contribution in [0.15, 0.2) is 29.6 Å². The van der Waals surface area contributed by atoms with E-state index < -0.39 is 11.6 Å². The van der Waals surface area contributed by atoms with Crippen molar-refractivity contribution < 1.29 is 8.78 Å². The van der Waals surface area contributed by atoms with Gasteiger partial charge in [0.1, 0.15) is 11.6 Å². The van der Waals surface area contributed by atoms with E-state index >= 15 is 0 Å². The first-order valence-corrected chi connectivity index (χ1v) is 7.41. The fraction of sp³-hybridized carbons (Fsp3) is 0.231. The molecule has 0 fully saturated rings. The van der Waals surface area contributed by atoms with Gasteiger partial charge in [-0.05, 0) is 65.2 Å². The predicted molar refractivity (Wildman–Crippen MR) is 78.9 cm³/mol. The van der Waals surface area contributed by atoms with E-state index in [9.17, 15) is 8.78 Å². The van der Waals surface area contributed by atoms with Gasteiger partial charge in [0.25, 0.3) is 0 Å². The van der Waals surface area contributed by atoms with Gasteiger partial charge in [0.15, 0.2) is 0 Å². The maximum atomic E-state index is 13.6. The fourth-order valence-electron chi connectivity index (χ4n) is 1.82. The largest absolute Gasteiger partial charge is 0.313 e. The van der Waals surface area contributed by atoms with Crippen molar-refractivity contribution in [1.29, 1.82) is 0 Å². The number of hydrogen-bond donors (Lipinski definition) is 1. The van der Waals surface area contributed by atoms with E-state index in [-0.39, 0.29) is 11.6 Å². The van der Waals surface area contributed by atoms with Gasteiger partial charge in [-0.3, -0.25) is 0 Å². The second-order valence-corrected chi connectivity index (χ2v) is 6.74. The van der Waals surface area contributed by atoms with E-state index in [0.717, 1.165) is 8.45 Å². The summed E-state index contributed by atoms with van der Waals surface area (Å²) in [5.74, 6) is -0.972. The molecule has 0 bridgehead atoms. The molecule has 1 atom stereocenters. The lowest BCUT2D eigenvalue weighted by molar-refractivity contribution is 0.516. The Labute approximate surface area is 122 Å². The van der Waals surface area contributed by atoms with Gasteiger partial charge in [0.2, 0.25) is 0 Å². The summed E-state index contributed by atoms with van der Waals surface area (Å²) in [4.78, 5) is 0. The molecule has 0 amide bonds. The number of thiophene rings is 1. The standard InChI is InChI=1S/C13H12F2INS/c1-17-12(8-5-13(16)18-7-8)6-9-10(14)3-2-4-11(9)15/h2-5,7,12,17H,6H2,1H3. The van der Waals surface area contributed by atoms with Crippen molar-refractivity contribution in [2.75, 3.05) is 7.05 Å². The second kappa shape index (κ2) is 6.08. The molecule has 0 spiro atoms. The summed E-state index contributed by atoms with van der Waals surface area (Å²) in [7, 11) is 1.80. The lowest BCUT2D eigenvalue weighted by Crippen LogP contribution is -2.19. The molecule has 18 heavy (non-hydrogen) atoms. The van der Waals surface area contributed by atoms with Crippen LogP contribution in [0.1, 0.15) is 17.2 Å². The third-order valence-corrected chi connectivity index (χ3v) is 4.62. The monoisotopic (exact) mass is 379 g/mol. The summed E-state index contributed by atoms with van der Waals surface area (Å²) in [5, 5.41) is 5.12. The Balaban J connectivity index is 2.26. The summed E-state index contributed by atoms with van der Waals surface area (Å²) in [6.45, 7) is 0. The van der Waals surface area contributed by atoms with Crippen molar-refractivity contribution in [1.82, 2.24) is 5.32 Å². The minimum atomic E-state index is -0.486. The van der Waals surface area contributed by atoms with Crippen LogP contribution >= 0.6 is 33.9 Å². The highest BCUT2D eigenvalue weighted by Gasteiger charge is 2.17. The van der Waals surface area contributed by atoms with E-state index in [1.165, 1.54) is 18.2 Å². The summed E-state index contributed by atoms with van der Waals surface area (Å²) < 4.78 is 28.4. The fourth-order valence-corrected chi connectivity index (χ4v) is 3.25. The van der Waals surface area contributed by atoms with E-state index in [4.69, 9.17) is 0 Å². The van der Waals surface area contributed by atoms with Crippen LogP contribution in [0.25, 0.3) is 0 Å². The molecule has 0 aliphatic carbocycles. The van der Waals surface area contributed by atoms with Crippen molar-refractivity contribution in [3.8, 4) is 0 Å². The summed E-state index contributed by atoms with van der Waals surface area (Å²) in [6, 6.07) is 5.93. The summed E-state index contributed by atoms with van der Waals surface area (Å²) in [6.07, 6.45) is 0.307. The maximum Gasteiger partial charge on any atom is 0.129 e. The molecule has 1 aromatic carbocycles. The van der Waals surface area contributed by atoms with Gasteiger partial charge in [-0.25, -0.2) is 8.78 Å². The van der Waals surface area contributed by atoms with Crippen LogP contribution in [0.2, 0.25) is 0 Å². The Bertz CT molecular complexity index is 521. The molecular formula is C13H12F2INS. The van der Waals surface area contributed by atoms with Gasteiger partial charge < -0.3 is 5.32 Å². The number of benzene rings is 1. The molecule has 0 aliphatic heterocycles. The molecular weight excluding hydrogens is 367 g/mol. The molecule has 96 valence electrons. The molecule has 0 aliphatic rings. The van der Waals surface area contributed by atoms with Crippen LogP contribution in [-0.2, 0) is 6.42 Å². The summed E-state index contributed by atoms with van der Waals surface area (Å²) in [5.41, 5.74) is 1.20. The molecule has 1 aromatic heterocycles. The van der Waals surface area contributed by atoms with Gasteiger partial charge in [-0.15, -0.1) is 11.3 Å². The highest BCUT2D eigenvalue weighted by atomic mass is 127. The third kappa shape index (κ3) is 3.07. The molecule has 0 saturated heterocycles. The zero-order chi connectivity index (χ0) is 13.1. The SMILES string of the molecule is CNC(Cc1c(F)cccc1F)c1csc(I)c1. The van der Waals surface area contributed by atoms with E-state index in [1.54, 1.807) is 18.4 Å². The molecule has 2 aromatic rings. The van der Waals surface area contributed by atoms with Crippen LogP contribution in [0.3, 0.4) is 0 Å². The lowest BCUT2D eigenvalue weighted by Gasteiger charge is -2.15. The van der Waals surface area contributed by atoms with Crippen molar-refractivity contribution in [3.05, 3.63) is 55.3 Å². The molecule has 2 rings (SSSR count). The zero-order valence-corrected chi connectivity index (χ0v) is 12.7. The number of hydrogen-bond acceptors (Lipinski definition) is 2. The molecule has 1 unspecified atom stereocenters. The Morgan fingerprint density at radius 3 is 2.50 bits per heavy atom.